The van der Waals surface area contributed by atoms with Gasteiger partial charge in [-0.3, -0.25) is 4.79 Å². The molecule has 0 saturated heterocycles. The number of hydrazine groups is 1. The third-order valence-corrected chi connectivity index (χ3v) is 3.73. The van der Waals surface area contributed by atoms with Crippen LogP contribution in [0, 0.1) is 5.92 Å². The van der Waals surface area contributed by atoms with Gasteiger partial charge in [-0.2, -0.15) is 0 Å². The summed E-state index contributed by atoms with van der Waals surface area (Å²) >= 11 is 0. The van der Waals surface area contributed by atoms with E-state index in [4.69, 9.17) is 14.2 Å². The fourth-order valence-electron chi connectivity index (χ4n) is 2.63. The highest BCUT2D eigenvalue weighted by Crippen LogP contribution is 2.16. The number of nitrogens with one attached hydrogen (secondary N) is 1. The second kappa shape index (κ2) is 12.2. The molecule has 0 aromatic carbocycles. The molecule has 0 radical (unpaired) electrons. The van der Waals surface area contributed by atoms with Crippen molar-refractivity contribution in [3.63, 3.8) is 0 Å². The van der Waals surface area contributed by atoms with Gasteiger partial charge in [-0.1, -0.05) is 19.8 Å². The molecule has 8 nitrogen and oxygen atoms in total. The average molecular weight is 445 g/mol. The van der Waals surface area contributed by atoms with Gasteiger partial charge in [0.1, 0.15) is 16.8 Å². The number of esters is 1. The van der Waals surface area contributed by atoms with Gasteiger partial charge >= 0.3 is 18.2 Å². The highest BCUT2D eigenvalue weighted by atomic mass is 16.6. The summed E-state index contributed by atoms with van der Waals surface area (Å²) in [6.07, 6.45) is 2.44. The Bertz CT molecular complexity index is 584. The number of nitrogens with zero attached hydrogens (tertiary/aromatic N) is 1. The number of hydrogen-bond acceptors (Lipinski definition) is 6. The van der Waals surface area contributed by atoms with Crippen molar-refractivity contribution >= 4 is 18.2 Å². The van der Waals surface area contributed by atoms with Gasteiger partial charge in [-0.15, -0.1) is 0 Å². The van der Waals surface area contributed by atoms with Crippen LogP contribution < -0.4 is 5.43 Å². The molecule has 2 amide bonds. The van der Waals surface area contributed by atoms with Crippen LogP contribution in [0.25, 0.3) is 0 Å². The molecule has 0 aliphatic rings. The molecule has 0 fully saturated rings. The van der Waals surface area contributed by atoms with Gasteiger partial charge in [-0.25, -0.2) is 20.0 Å². The molecule has 182 valence electrons. The van der Waals surface area contributed by atoms with Crippen LogP contribution in [0.3, 0.4) is 0 Å². The highest BCUT2D eigenvalue weighted by Gasteiger charge is 2.27. The number of carbonyl (C=O) groups excluding carboxylic acids is 3. The normalized spacial score (nSPS) is 13.2. The fraction of sp³-hybridized carbons (Fsp3) is 0.870. The molecule has 0 bridgehead atoms. The van der Waals surface area contributed by atoms with E-state index in [0.717, 1.165) is 25.7 Å². The van der Waals surface area contributed by atoms with E-state index in [-0.39, 0.29) is 11.9 Å². The van der Waals surface area contributed by atoms with Crippen LogP contribution in [0.1, 0.15) is 101 Å². The Morgan fingerprint density at radius 1 is 0.774 bits per heavy atom. The van der Waals surface area contributed by atoms with E-state index in [9.17, 15) is 14.4 Å². The first-order valence-corrected chi connectivity index (χ1v) is 11.1. The third kappa shape index (κ3) is 17.4. The minimum atomic E-state index is -0.706. The minimum absolute atomic E-state index is 0.115. The summed E-state index contributed by atoms with van der Waals surface area (Å²) in [5.74, 6) is -0.0674. The van der Waals surface area contributed by atoms with Gasteiger partial charge in [0, 0.05) is 13.0 Å². The Labute approximate surface area is 188 Å². The summed E-state index contributed by atoms with van der Waals surface area (Å²) in [7, 11) is 0. The summed E-state index contributed by atoms with van der Waals surface area (Å²) < 4.78 is 16.0. The Balaban J connectivity index is 4.61. The zero-order valence-electron chi connectivity index (χ0n) is 21.2. The maximum absolute atomic E-state index is 12.5. The number of unbranched alkanes of at least 4 members (excludes halogenated alkanes) is 2. The first-order valence-electron chi connectivity index (χ1n) is 11.1. The number of carbonyl (C=O) groups is 3. The van der Waals surface area contributed by atoms with E-state index in [1.54, 1.807) is 41.5 Å². The second-order valence-electron chi connectivity index (χ2n) is 11.0. The van der Waals surface area contributed by atoms with E-state index in [1.807, 2.05) is 27.7 Å². The lowest BCUT2D eigenvalue weighted by molar-refractivity contribution is -0.154. The summed E-state index contributed by atoms with van der Waals surface area (Å²) in [6.45, 7) is 18.4. The van der Waals surface area contributed by atoms with Gasteiger partial charge in [-0.05, 0) is 81.1 Å². The van der Waals surface area contributed by atoms with Crippen LogP contribution >= 0.6 is 0 Å². The monoisotopic (exact) mass is 444 g/mol. The smallest absolute Gasteiger partial charge is 0.429 e. The van der Waals surface area contributed by atoms with Crippen LogP contribution in [0.15, 0.2) is 0 Å². The van der Waals surface area contributed by atoms with Gasteiger partial charge in [0.15, 0.2) is 0 Å². The van der Waals surface area contributed by atoms with Gasteiger partial charge < -0.3 is 14.2 Å². The summed E-state index contributed by atoms with van der Waals surface area (Å²) in [6, 6.07) is 0. The highest BCUT2D eigenvalue weighted by molar-refractivity contribution is 5.74. The summed E-state index contributed by atoms with van der Waals surface area (Å²) in [5.41, 5.74) is 0.679. The van der Waals surface area contributed by atoms with E-state index < -0.39 is 29.0 Å². The number of rotatable bonds is 8. The first-order chi connectivity index (χ1) is 13.9. The van der Waals surface area contributed by atoms with Crippen LogP contribution in [0.2, 0.25) is 0 Å². The SMILES string of the molecule is CC(CCCCCC(=O)OC(C)(C)C)CN(NC(=O)OC(C)(C)C)C(=O)OC(C)(C)C. The first kappa shape index (κ1) is 29.0. The van der Waals surface area contributed by atoms with Gasteiger partial charge in [0.05, 0.1) is 0 Å². The molecular weight excluding hydrogens is 400 g/mol. The molecule has 0 heterocycles. The van der Waals surface area contributed by atoms with Crippen molar-refractivity contribution in [2.24, 2.45) is 5.92 Å². The molecule has 0 aliphatic heterocycles. The molecule has 0 rings (SSSR count). The van der Waals surface area contributed by atoms with E-state index >= 15 is 0 Å². The number of ether oxygens (including phenoxy) is 3. The number of amides is 2. The molecule has 0 aliphatic carbocycles. The molecule has 31 heavy (non-hydrogen) atoms. The zero-order chi connectivity index (χ0) is 24.5. The standard InChI is InChI=1S/C23H44N2O6/c1-17(14-12-11-13-15-18(26)29-21(2,3)4)16-25(20(28)31-23(8,9)10)24-19(27)30-22(5,6)7/h17H,11-16H2,1-10H3,(H,24,27). The van der Waals surface area contributed by atoms with Crippen LogP contribution in [0.5, 0.6) is 0 Å². The third-order valence-electron chi connectivity index (χ3n) is 3.73. The fourth-order valence-corrected chi connectivity index (χ4v) is 2.63. The van der Waals surface area contributed by atoms with E-state index in [2.05, 4.69) is 5.43 Å². The Morgan fingerprint density at radius 2 is 1.29 bits per heavy atom. The largest absolute Gasteiger partial charge is 0.460 e. The van der Waals surface area contributed by atoms with Gasteiger partial charge in [0.2, 0.25) is 0 Å². The molecule has 1 atom stereocenters. The Hall–Kier alpha value is -1.99. The van der Waals surface area contributed by atoms with E-state index in [0.29, 0.717) is 13.0 Å². The van der Waals surface area contributed by atoms with Crippen molar-refractivity contribution in [2.75, 3.05) is 6.54 Å². The molecular formula is C23H44N2O6. The van der Waals surface area contributed by atoms with E-state index in [1.165, 1.54) is 5.01 Å². The lowest BCUT2D eigenvalue weighted by Crippen LogP contribution is -2.51. The van der Waals surface area contributed by atoms with Crippen molar-refractivity contribution in [1.29, 1.82) is 0 Å². The van der Waals surface area contributed by atoms with Crippen molar-refractivity contribution in [3.05, 3.63) is 0 Å². The maximum atomic E-state index is 12.5. The van der Waals surface area contributed by atoms with Crippen molar-refractivity contribution < 1.29 is 28.6 Å². The maximum Gasteiger partial charge on any atom is 0.429 e. The van der Waals surface area contributed by atoms with Crippen molar-refractivity contribution in [3.8, 4) is 0 Å². The lowest BCUT2D eigenvalue weighted by atomic mass is 10.0. The zero-order valence-corrected chi connectivity index (χ0v) is 21.2. The second-order valence-corrected chi connectivity index (χ2v) is 11.0. The predicted molar refractivity (Wildman–Crippen MR) is 120 cm³/mol. The predicted octanol–water partition coefficient (Wildman–Crippen LogP) is 5.59. The average Bonchev–Trinajstić information content (AvgIpc) is 2.48. The molecule has 8 heteroatoms. The molecule has 1 N–H and O–H groups in total. The summed E-state index contributed by atoms with van der Waals surface area (Å²) in [4.78, 5) is 36.5. The molecule has 0 saturated carbocycles. The minimum Gasteiger partial charge on any atom is -0.460 e. The molecule has 1 unspecified atom stereocenters. The molecule has 0 aromatic rings. The van der Waals surface area contributed by atoms with Crippen LogP contribution in [-0.2, 0) is 19.0 Å². The molecule has 0 aromatic heterocycles. The van der Waals surface area contributed by atoms with Crippen molar-refractivity contribution in [2.45, 2.75) is 118 Å². The lowest BCUT2D eigenvalue weighted by Gasteiger charge is -2.30. The topological polar surface area (TPSA) is 94.2 Å². The number of hydrogen-bond donors (Lipinski definition) is 1. The van der Waals surface area contributed by atoms with Crippen LogP contribution in [0.4, 0.5) is 9.59 Å². The quantitative estimate of drug-likeness (QED) is 0.227. The molecule has 0 spiro atoms. The van der Waals surface area contributed by atoms with Gasteiger partial charge in [0.25, 0.3) is 0 Å². The Morgan fingerprint density at radius 3 is 1.77 bits per heavy atom. The summed E-state index contributed by atoms with van der Waals surface area (Å²) in [5, 5.41) is 1.17. The van der Waals surface area contributed by atoms with Crippen molar-refractivity contribution in [1.82, 2.24) is 10.4 Å². The van der Waals surface area contributed by atoms with Crippen LogP contribution in [-0.4, -0.2) is 46.5 Å². The Kier molecular flexibility index (Phi) is 11.4.